The van der Waals surface area contributed by atoms with Crippen molar-refractivity contribution in [3.8, 4) is 0 Å². The lowest BCUT2D eigenvalue weighted by Crippen LogP contribution is -2.40. The molecule has 0 aromatic heterocycles. The number of nitrogens with one attached hydrogen (secondary N) is 2. The van der Waals surface area contributed by atoms with Crippen molar-refractivity contribution in [2.75, 3.05) is 25.4 Å². The van der Waals surface area contributed by atoms with Crippen molar-refractivity contribution in [3.05, 3.63) is 0 Å². The van der Waals surface area contributed by atoms with Crippen molar-refractivity contribution in [1.29, 1.82) is 0 Å². The summed E-state index contributed by atoms with van der Waals surface area (Å²) in [5.41, 5.74) is 0. The van der Waals surface area contributed by atoms with E-state index in [-0.39, 0.29) is 17.9 Å². The summed E-state index contributed by atoms with van der Waals surface area (Å²) < 4.78 is 31.8. The average Bonchev–Trinajstić information content (AvgIpc) is 2.80. The lowest BCUT2D eigenvalue weighted by atomic mass is 10.1. The molecule has 0 saturated carbocycles. The van der Waals surface area contributed by atoms with Crippen LogP contribution in [0.2, 0.25) is 0 Å². The van der Waals surface area contributed by atoms with Crippen molar-refractivity contribution < 1.29 is 13.2 Å². The Hall–Kier alpha value is -0.170. The number of hydrogen-bond donors (Lipinski definition) is 2. The van der Waals surface area contributed by atoms with Crippen LogP contribution in [-0.4, -0.2) is 46.0 Å². The first kappa shape index (κ1) is 13.3. The molecule has 100 valence electrons. The monoisotopic (exact) mass is 262 g/mol. The Labute approximate surface area is 103 Å². The molecule has 2 saturated heterocycles. The Kier molecular flexibility index (Phi) is 4.78. The van der Waals surface area contributed by atoms with Gasteiger partial charge < -0.3 is 10.1 Å². The molecule has 2 unspecified atom stereocenters. The van der Waals surface area contributed by atoms with Crippen LogP contribution in [0.5, 0.6) is 0 Å². The number of sulfonamides is 1. The predicted molar refractivity (Wildman–Crippen MR) is 66.4 cm³/mol. The van der Waals surface area contributed by atoms with E-state index >= 15 is 0 Å². The third-order valence-corrected chi connectivity index (χ3v) is 4.84. The maximum atomic E-state index is 11.8. The molecule has 2 N–H and O–H groups in total. The summed E-state index contributed by atoms with van der Waals surface area (Å²) in [7, 11) is -3.16. The van der Waals surface area contributed by atoms with Crippen LogP contribution in [0.3, 0.4) is 0 Å². The van der Waals surface area contributed by atoms with Gasteiger partial charge in [0.2, 0.25) is 10.0 Å². The van der Waals surface area contributed by atoms with Crippen molar-refractivity contribution in [2.45, 2.75) is 44.2 Å². The minimum atomic E-state index is -3.16. The van der Waals surface area contributed by atoms with Gasteiger partial charge in [0.05, 0.1) is 11.9 Å². The van der Waals surface area contributed by atoms with Gasteiger partial charge in [0.25, 0.3) is 0 Å². The van der Waals surface area contributed by atoms with Gasteiger partial charge in [-0.1, -0.05) is 0 Å². The van der Waals surface area contributed by atoms with Crippen LogP contribution in [0.25, 0.3) is 0 Å². The first-order valence-corrected chi connectivity index (χ1v) is 8.13. The Morgan fingerprint density at radius 3 is 2.76 bits per heavy atom. The summed E-state index contributed by atoms with van der Waals surface area (Å²) in [6.07, 6.45) is 5.29. The normalized spacial score (nSPS) is 30.6. The van der Waals surface area contributed by atoms with Gasteiger partial charge in [-0.15, -0.1) is 0 Å². The zero-order valence-corrected chi connectivity index (χ0v) is 11.0. The van der Waals surface area contributed by atoms with Gasteiger partial charge in [0.1, 0.15) is 0 Å². The van der Waals surface area contributed by atoms with Crippen LogP contribution in [0.1, 0.15) is 32.1 Å². The Morgan fingerprint density at radius 2 is 2.12 bits per heavy atom. The Morgan fingerprint density at radius 1 is 1.24 bits per heavy atom. The largest absolute Gasteiger partial charge is 0.377 e. The topological polar surface area (TPSA) is 67.4 Å². The smallest absolute Gasteiger partial charge is 0.213 e. The van der Waals surface area contributed by atoms with Crippen LogP contribution in [0.4, 0.5) is 0 Å². The molecular formula is C11H22N2O3S. The molecule has 2 heterocycles. The fraction of sp³-hybridized carbons (Fsp3) is 1.00. The van der Waals surface area contributed by atoms with E-state index in [1.807, 2.05) is 0 Å². The van der Waals surface area contributed by atoms with Crippen molar-refractivity contribution in [3.63, 3.8) is 0 Å². The standard InChI is InChI=1S/C11H22N2O3S/c14-17(15,9-10-4-3-6-12-10)13-8-11-5-1-2-7-16-11/h10-13H,1-9H2. The predicted octanol–water partition coefficient (Wildman–Crippen LogP) is 0.227. The van der Waals surface area contributed by atoms with Gasteiger partial charge in [-0.25, -0.2) is 13.1 Å². The molecule has 2 aliphatic rings. The van der Waals surface area contributed by atoms with Crippen LogP contribution in [-0.2, 0) is 14.8 Å². The van der Waals surface area contributed by atoms with Crippen LogP contribution in [0.15, 0.2) is 0 Å². The van der Waals surface area contributed by atoms with Gasteiger partial charge >= 0.3 is 0 Å². The zero-order valence-electron chi connectivity index (χ0n) is 10.2. The summed E-state index contributed by atoms with van der Waals surface area (Å²) in [6.45, 7) is 2.12. The Bertz CT molecular complexity index is 320. The molecule has 2 aliphatic heterocycles. The molecule has 0 aromatic rings. The molecule has 0 aromatic carbocycles. The lowest BCUT2D eigenvalue weighted by Gasteiger charge is -2.23. The maximum absolute atomic E-state index is 11.8. The van der Waals surface area contributed by atoms with E-state index in [1.165, 1.54) is 0 Å². The fourth-order valence-corrected chi connectivity index (χ4v) is 3.78. The number of rotatable bonds is 5. The molecule has 17 heavy (non-hydrogen) atoms. The van der Waals surface area contributed by atoms with Crippen molar-refractivity contribution in [2.24, 2.45) is 0 Å². The Balaban J connectivity index is 1.72. The van der Waals surface area contributed by atoms with Crippen molar-refractivity contribution in [1.82, 2.24) is 10.0 Å². The lowest BCUT2D eigenvalue weighted by molar-refractivity contribution is 0.0200. The molecular weight excluding hydrogens is 240 g/mol. The second kappa shape index (κ2) is 6.13. The van der Waals surface area contributed by atoms with E-state index in [2.05, 4.69) is 10.0 Å². The highest BCUT2D eigenvalue weighted by Gasteiger charge is 2.23. The molecule has 6 heteroatoms. The van der Waals surface area contributed by atoms with E-state index in [0.29, 0.717) is 6.54 Å². The first-order valence-electron chi connectivity index (χ1n) is 6.48. The third-order valence-electron chi connectivity index (χ3n) is 3.39. The van der Waals surface area contributed by atoms with E-state index in [0.717, 1.165) is 45.3 Å². The van der Waals surface area contributed by atoms with Crippen LogP contribution >= 0.6 is 0 Å². The van der Waals surface area contributed by atoms with E-state index < -0.39 is 10.0 Å². The van der Waals surface area contributed by atoms with Gasteiger partial charge in [-0.2, -0.15) is 0 Å². The summed E-state index contributed by atoms with van der Waals surface area (Å²) in [4.78, 5) is 0. The molecule has 0 radical (unpaired) electrons. The molecule has 0 spiro atoms. The molecule has 2 rings (SSSR count). The van der Waals surface area contributed by atoms with Crippen molar-refractivity contribution >= 4 is 10.0 Å². The summed E-state index contributed by atoms with van der Waals surface area (Å²) in [5.74, 6) is 0.194. The second-order valence-electron chi connectivity index (χ2n) is 4.91. The quantitative estimate of drug-likeness (QED) is 0.744. The molecule has 2 atom stereocenters. The molecule has 0 amide bonds. The van der Waals surface area contributed by atoms with Crippen LogP contribution in [0, 0.1) is 0 Å². The van der Waals surface area contributed by atoms with Gasteiger partial charge in [-0.3, -0.25) is 0 Å². The fourth-order valence-electron chi connectivity index (χ4n) is 2.41. The van der Waals surface area contributed by atoms with Gasteiger partial charge in [0, 0.05) is 19.2 Å². The highest BCUT2D eigenvalue weighted by Crippen LogP contribution is 2.12. The summed E-state index contributed by atoms with van der Waals surface area (Å²) >= 11 is 0. The molecule has 2 fully saturated rings. The maximum Gasteiger partial charge on any atom is 0.213 e. The van der Waals surface area contributed by atoms with E-state index in [4.69, 9.17) is 4.74 Å². The minimum Gasteiger partial charge on any atom is -0.377 e. The molecule has 5 nitrogen and oxygen atoms in total. The average molecular weight is 262 g/mol. The van der Waals surface area contributed by atoms with E-state index in [1.54, 1.807) is 0 Å². The highest BCUT2D eigenvalue weighted by molar-refractivity contribution is 7.89. The molecule has 0 bridgehead atoms. The van der Waals surface area contributed by atoms with E-state index in [9.17, 15) is 8.42 Å². The number of ether oxygens (including phenoxy) is 1. The molecule has 0 aliphatic carbocycles. The number of hydrogen-bond acceptors (Lipinski definition) is 4. The summed E-state index contributed by atoms with van der Waals surface area (Å²) in [6, 6.07) is 0.125. The van der Waals surface area contributed by atoms with Gasteiger partial charge in [0.15, 0.2) is 0 Å². The highest BCUT2D eigenvalue weighted by atomic mass is 32.2. The van der Waals surface area contributed by atoms with Crippen LogP contribution < -0.4 is 10.0 Å². The third kappa shape index (κ3) is 4.54. The minimum absolute atomic E-state index is 0.0649. The van der Waals surface area contributed by atoms with Gasteiger partial charge in [-0.05, 0) is 38.6 Å². The zero-order chi connectivity index (χ0) is 12.1. The SMILES string of the molecule is O=S(=O)(CC1CCCN1)NCC1CCCCO1. The second-order valence-corrected chi connectivity index (χ2v) is 6.76. The summed E-state index contributed by atoms with van der Waals surface area (Å²) in [5, 5.41) is 3.20. The first-order chi connectivity index (χ1) is 8.16.